The average molecular weight is 933 g/mol. The van der Waals surface area contributed by atoms with E-state index in [0.717, 1.165) is 91.2 Å². The highest BCUT2D eigenvalue weighted by atomic mass is 32.2. The fourth-order valence-electron chi connectivity index (χ4n) is 10.8. The number of imide groups is 1. The minimum absolute atomic E-state index is 0.0321. The molecule has 3 amide bonds. The van der Waals surface area contributed by atoms with Gasteiger partial charge in [-0.2, -0.15) is 12.7 Å². The average Bonchev–Trinajstić information content (AvgIpc) is 4.06. The Bertz CT molecular complexity index is 2870. The Kier molecular flexibility index (Phi) is 12.2. The number of ketones is 1. The molecule has 0 aliphatic carbocycles. The number of hydrogen-bond donors (Lipinski definition) is 3. The standard InChI is InChI=1S/C50H54F2N8O6S/c1-2-38-43(56-67(65,66)59-22-17-36(51)29-59)10-9-42(52)46(38)47(62)41-26-54-48-40(41)24-34(25-53-48)31-3-6-37(7-4-31)58-20-13-30(14-21-58)27-57-18-15-32(16-19-57)33-5-8-39-35(23-33)28-60(50(39)64)44-11-12-45(61)55-49(44)63/h3-10,23-26,30,32,36,44,56H,2,11-22,27-29H2,1H3,(H,53,54)(H,55,61,63)/t36-,44+/m1/s1. The van der Waals surface area contributed by atoms with Gasteiger partial charge in [-0.1, -0.05) is 31.2 Å². The van der Waals surface area contributed by atoms with Crippen molar-refractivity contribution >= 4 is 56.1 Å². The quantitative estimate of drug-likeness (QED) is 0.0909. The number of likely N-dealkylation sites (tertiary alicyclic amines) is 1. The number of carbonyl (C=O) groups excluding carboxylic acids is 4. The number of anilines is 2. The molecule has 350 valence electrons. The second kappa shape index (κ2) is 18.2. The van der Waals surface area contributed by atoms with Crippen LogP contribution in [-0.2, 0) is 32.8 Å². The van der Waals surface area contributed by atoms with Crippen molar-refractivity contribution in [3.63, 3.8) is 0 Å². The Morgan fingerprint density at radius 1 is 0.896 bits per heavy atom. The number of carbonyl (C=O) groups is 4. The van der Waals surface area contributed by atoms with Crippen LogP contribution in [0.1, 0.15) is 101 Å². The Hall–Kier alpha value is -6.04. The second-order valence-corrected chi connectivity index (χ2v) is 20.3. The molecule has 5 aromatic rings. The van der Waals surface area contributed by atoms with Crippen molar-refractivity contribution in [3.8, 4) is 11.1 Å². The van der Waals surface area contributed by atoms with E-state index in [1.54, 1.807) is 18.0 Å². The van der Waals surface area contributed by atoms with Crippen LogP contribution in [0.4, 0.5) is 20.2 Å². The van der Waals surface area contributed by atoms with Crippen LogP contribution in [0.2, 0.25) is 0 Å². The van der Waals surface area contributed by atoms with Gasteiger partial charge in [0.05, 0.1) is 11.3 Å². The van der Waals surface area contributed by atoms with Crippen molar-refractivity contribution in [1.82, 2.24) is 29.4 Å². The van der Waals surface area contributed by atoms with Crippen LogP contribution >= 0.6 is 0 Å². The smallest absolute Gasteiger partial charge is 0.301 e. The number of aromatic nitrogens is 2. The van der Waals surface area contributed by atoms with Gasteiger partial charge in [-0.05, 0) is 129 Å². The van der Waals surface area contributed by atoms with Gasteiger partial charge in [0, 0.05) is 85.8 Å². The SMILES string of the molecule is CCc1c(NS(=O)(=O)N2CC[C@@H](F)C2)ccc(F)c1C(=O)c1c[nH]c2ncc(-c3ccc(N4CCC(CN5CCC(c6ccc7c(c6)CN([C@H]6CCC(=O)NC6=O)C7=O)CC5)CC4)cc3)cc12. The lowest BCUT2D eigenvalue weighted by molar-refractivity contribution is -0.136. The number of rotatable bonds is 12. The highest BCUT2D eigenvalue weighted by Gasteiger charge is 2.40. The molecule has 0 bridgehead atoms. The van der Waals surface area contributed by atoms with Gasteiger partial charge in [-0.15, -0.1) is 0 Å². The van der Waals surface area contributed by atoms with E-state index in [2.05, 4.69) is 54.1 Å². The predicted molar refractivity (Wildman–Crippen MR) is 250 cm³/mol. The molecule has 14 nitrogen and oxygen atoms in total. The summed E-state index contributed by atoms with van der Waals surface area (Å²) in [6.07, 6.45) is 7.16. The van der Waals surface area contributed by atoms with Crippen LogP contribution in [0.3, 0.4) is 0 Å². The van der Waals surface area contributed by atoms with Gasteiger partial charge in [-0.3, -0.25) is 29.2 Å². The number of nitrogens with one attached hydrogen (secondary N) is 3. The van der Waals surface area contributed by atoms with Gasteiger partial charge in [-0.25, -0.2) is 13.8 Å². The van der Waals surface area contributed by atoms with Crippen LogP contribution in [0.15, 0.2) is 73.1 Å². The van der Waals surface area contributed by atoms with Crippen molar-refractivity contribution in [2.45, 2.75) is 83.0 Å². The van der Waals surface area contributed by atoms with Gasteiger partial charge in [0.15, 0.2) is 5.78 Å². The number of alkyl halides is 1. The Labute approximate surface area is 388 Å². The van der Waals surface area contributed by atoms with Crippen LogP contribution in [0.5, 0.6) is 0 Å². The first kappa shape index (κ1) is 44.8. The van der Waals surface area contributed by atoms with E-state index in [1.165, 1.54) is 17.8 Å². The molecule has 17 heteroatoms. The van der Waals surface area contributed by atoms with Crippen molar-refractivity contribution < 1.29 is 36.4 Å². The zero-order chi connectivity index (χ0) is 46.6. The summed E-state index contributed by atoms with van der Waals surface area (Å²) in [6.45, 7) is 6.94. The fraction of sp³-hybridized carbons (Fsp3) is 0.420. The molecule has 4 fully saturated rings. The van der Waals surface area contributed by atoms with Gasteiger partial charge < -0.3 is 19.7 Å². The van der Waals surface area contributed by atoms with Gasteiger partial charge in [0.2, 0.25) is 11.8 Å². The topological polar surface area (TPSA) is 168 Å². The van der Waals surface area contributed by atoms with Gasteiger partial charge in [0.1, 0.15) is 23.7 Å². The molecule has 5 aliphatic rings. The maximum atomic E-state index is 15.6. The lowest BCUT2D eigenvalue weighted by atomic mass is 9.87. The molecule has 2 atom stereocenters. The van der Waals surface area contributed by atoms with Crippen LogP contribution in [0, 0.1) is 11.7 Å². The first-order valence-electron chi connectivity index (χ1n) is 23.4. The van der Waals surface area contributed by atoms with Crippen LogP contribution in [0.25, 0.3) is 22.2 Å². The van der Waals surface area contributed by atoms with E-state index < -0.39 is 34.0 Å². The number of halogens is 2. The molecule has 67 heavy (non-hydrogen) atoms. The number of fused-ring (bicyclic) bond motifs is 2. The van der Waals surface area contributed by atoms with E-state index in [9.17, 15) is 32.0 Å². The number of pyridine rings is 1. The number of H-pyrrole nitrogens is 1. The highest BCUT2D eigenvalue weighted by Crippen LogP contribution is 2.36. The number of hydrogen-bond acceptors (Lipinski definition) is 9. The minimum atomic E-state index is -4.12. The summed E-state index contributed by atoms with van der Waals surface area (Å²) >= 11 is 0. The van der Waals surface area contributed by atoms with Gasteiger partial charge >= 0.3 is 10.2 Å². The van der Waals surface area contributed by atoms with E-state index in [4.69, 9.17) is 0 Å². The van der Waals surface area contributed by atoms with E-state index in [0.29, 0.717) is 41.4 Å². The van der Waals surface area contributed by atoms with Gasteiger partial charge in [0.25, 0.3) is 5.91 Å². The maximum absolute atomic E-state index is 15.6. The Morgan fingerprint density at radius 3 is 2.39 bits per heavy atom. The zero-order valence-corrected chi connectivity index (χ0v) is 38.2. The number of piperidine rings is 3. The Balaban J connectivity index is 0.736. The molecule has 5 aliphatic heterocycles. The molecule has 0 spiro atoms. The van der Waals surface area contributed by atoms with Crippen molar-refractivity contribution in [3.05, 3.63) is 112 Å². The fourth-order valence-corrected chi connectivity index (χ4v) is 12.1. The summed E-state index contributed by atoms with van der Waals surface area (Å²) in [6, 6.07) is 18.1. The zero-order valence-electron chi connectivity index (χ0n) is 37.4. The molecular weight excluding hydrogens is 879 g/mol. The first-order valence-corrected chi connectivity index (χ1v) is 24.9. The molecule has 10 rings (SSSR count). The third kappa shape index (κ3) is 8.84. The van der Waals surface area contributed by atoms with Crippen molar-refractivity contribution in [2.24, 2.45) is 5.92 Å². The monoisotopic (exact) mass is 932 g/mol. The molecule has 3 aromatic carbocycles. The molecule has 0 saturated carbocycles. The Morgan fingerprint density at radius 2 is 1.67 bits per heavy atom. The summed E-state index contributed by atoms with van der Waals surface area (Å²) in [7, 11) is -4.12. The third-order valence-corrected chi connectivity index (χ3v) is 16.1. The van der Waals surface area contributed by atoms with Crippen LogP contribution in [-0.4, -0.2) is 114 Å². The number of amides is 3. The largest absolute Gasteiger partial charge is 0.372 e. The summed E-state index contributed by atoms with van der Waals surface area (Å²) in [4.78, 5) is 65.8. The lowest BCUT2D eigenvalue weighted by Crippen LogP contribution is -2.52. The highest BCUT2D eigenvalue weighted by molar-refractivity contribution is 7.90. The maximum Gasteiger partial charge on any atom is 0.301 e. The van der Waals surface area contributed by atoms with E-state index in [1.807, 2.05) is 24.3 Å². The van der Waals surface area contributed by atoms with E-state index in [-0.39, 0.29) is 72.5 Å². The number of benzene rings is 3. The molecular formula is C50H54F2N8O6S. The predicted octanol–water partition coefficient (Wildman–Crippen LogP) is 6.72. The van der Waals surface area contributed by atoms with Crippen LogP contribution < -0.4 is 14.9 Å². The minimum Gasteiger partial charge on any atom is -0.372 e. The molecule has 3 N–H and O–H groups in total. The molecule has 7 heterocycles. The normalized spacial score (nSPS) is 21.3. The molecule has 2 aromatic heterocycles. The molecule has 4 saturated heterocycles. The summed E-state index contributed by atoms with van der Waals surface area (Å²) in [5.41, 5.74) is 6.42. The second-order valence-electron chi connectivity index (χ2n) is 18.7. The summed E-state index contributed by atoms with van der Waals surface area (Å²) < 4.78 is 59.1. The number of nitrogens with zero attached hydrogens (tertiary/aromatic N) is 5. The summed E-state index contributed by atoms with van der Waals surface area (Å²) in [5.74, 6) is -1.16. The third-order valence-electron chi connectivity index (χ3n) is 14.6. The lowest BCUT2D eigenvalue weighted by Gasteiger charge is -2.38. The number of aromatic amines is 1. The molecule has 0 unspecified atom stereocenters. The first-order chi connectivity index (χ1) is 32.3. The summed E-state index contributed by atoms with van der Waals surface area (Å²) in [5, 5.41) is 2.89. The van der Waals surface area contributed by atoms with Crippen molar-refractivity contribution in [1.29, 1.82) is 0 Å². The van der Waals surface area contributed by atoms with Crippen molar-refractivity contribution in [2.75, 3.05) is 55.4 Å². The molecule has 0 radical (unpaired) electrons. The van der Waals surface area contributed by atoms with E-state index >= 15 is 4.39 Å².